The molecular weight excluding hydrogens is 302 g/mol. The van der Waals surface area contributed by atoms with E-state index in [-0.39, 0.29) is 23.5 Å². The number of amides is 2. The van der Waals surface area contributed by atoms with E-state index in [0.717, 1.165) is 16.6 Å². The number of hydrogen-bond acceptors (Lipinski definition) is 3. The van der Waals surface area contributed by atoms with Gasteiger partial charge in [-0.05, 0) is 29.9 Å². The second kappa shape index (κ2) is 6.00. The molecule has 1 aromatic carbocycles. The summed E-state index contributed by atoms with van der Waals surface area (Å²) >= 11 is 0. The zero-order valence-electron chi connectivity index (χ0n) is 12.1. The van der Waals surface area contributed by atoms with Crippen molar-refractivity contribution < 1.29 is 13.2 Å². The summed E-state index contributed by atoms with van der Waals surface area (Å²) in [6.07, 6.45) is 0.630. The lowest BCUT2D eigenvalue weighted by Gasteiger charge is -2.10. The van der Waals surface area contributed by atoms with Gasteiger partial charge in [0.15, 0.2) is 9.84 Å². The highest BCUT2D eigenvalue weighted by Gasteiger charge is 2.27. The smallest absolute Gasteiger partial charge is 0.315 e. The van der Waals surface area contributed by atoms with E-state index in [1.54, 1.807) is 0 Å². The van der Waals surface area contributed by atoms with Crippen LogP contribution < -0.4 is 10.6 Å². The first-order valence-electron chi connectivity index (χ1n) is 7.30. The van der Waals surface area contributed by atoms with Crippen molar-refractivity contribution in [1.82, 2.24) is 15.6 Å². The number of para-hydroxylation sites is 1. The number of carbonyl (C=O) groups is 1. The number of H-pyrrole nitrogens is 1. The van der Waals surface area contributed by atoms with Crippen LogP contribution >= 0.6 is 0 Å². The van der Waals surface area contributed by atoms with E-state index < -0.39 is 9.84 Å². The van der Waals surface area contributed by atoms with Crippen LogP contribution in [0.2, 0.25) is 0 Å². The SMILES string of the molecule is O=C(NCc1cc2ccccc2[nH]1)NC[C@@H]1CCS(=O)(=O)C1. The molecule has 118 valence electrons. The molecule has 0 aliphatic carbocycles. The Morgan fingerprint density at radius 1 is 1.27 bits per heavy atom. The average molecular weight is 321 g/mol. The van der Waals surface area contributed by atoms with Gasteiger partial charge in [0.25, 0.3) is 0 Å². The molecule has 22 heavy (non-hydrogen) atoms. The number of aromatic nitrogens is 1. The first-order chi connectivity index (χ1) is 10.5. The van der Waals surface area contributed by atoms with Crippen molar-refractivity contribution >= 4 is 26.8 Å². The standard InChI is InChI=1S/C15H19N3O3S/c19-15(16-8-11-5-6-22(20,21)10-11)17-9-13-7-12-3-1-2-4-14(12)18-13/h1-4,7,11,18H,5-6,8-10H2,(H2,16,17,19)/t11-/m0/s1. The first kappa shape index (κ1) is 14.9. The van der Waals surface area contributed by atoms with Crippen LogP contribution in [0.3, 0.4) is 0 Å². The molecule has 2 aromatic rings. The number of benzene rings is 1. The molecule has 6 nitrogen and oxygen atoms in total. The summed E-state index contributed by atoms with van der Waals surface area (Å²) in [7, 11) is -2.89. The first-order valence-corrected chi connectivity index (χ1v) is 9.13. The molecule has 3 rings (SSSR count). The minimum atomic E-state index is -2.89. The Labute approximate surface area is 129 Å². The molecule has 1 aromatic heterocycles. The Bertz CT molecular complexity index is 749. The lowest BCUT2D eigenvalue weighted by atomic mass is 10.1. The van der Waals surface area contributed by atoms with Gasteiger partial charge in [0, 0.05) is 17.8 Å². The number of nitrogens with one attached hydrogen (secondary N) is 3. The van der Waals surface area contributed by atoms with Gasteiger partial charge in [0.1, 0.15) is 0 Å². The maximum absolute atomic E-state index is 11.8. The molecule has 0 saturated carbocycles. The Morgan fingerprint density at radius 2 is 2.09 bits per heavy atom. The fourth-order valence-electron chi connectivity index (χ4n) is 2.74. The topological polar surface area (TPSA) is 91.1 Å². The number of carbonyl (C=O) groups excluding carboxylic acids is 1. The van der Waals surface area contributed by atoms with E-state index in [1.807, 2.05) is 30.3 Å². The summed E-state index contributed by atoms with van der Waals surface area (Å²) in [5, 5.41) is 6.62. The van der Waals surface area contributed by atoms with E-state index in [9.17, 15) is 13.2 Å². The molecule has 0 spiro atoms. The minimum absolute atomic E-state index is 0.0313. The third kappa shape index (κ3) is 3.59. The molecule has 2 heterocycles. The number of hydrogen-bond donors (Lipinski definition) is 3. The second-order valence-electron chi connectivity index (χ2n) is 5.71. The van der Waals surface area contributed by atoms with Gasteiger partial charge in [-0.15, -0.1) is 0 Å². The molecule has 0 radical (unpaired) electrons. The average Bonchev–Trinajstić information content (AvgIpc) is 3.05. The zero-order valence-corrected chi connectivity index (χ0v) is 12.9. The van der Waals surface area contributed by atoms with Gasteiger partial charge >= 0.3 is 6.03 Å². The van der Waals surface area contributed by atoms with E-state index in [1.165, 1.54) is 0 Å². The molecule has 1 aliphatic heterocycles. The minimum Gasteiger partial charge on any atom is -0.357 e. The number of sulfone groups is 1. The molecule has 0 bridgehead atoms. The van der Waals surface area contributed by atoms with Crippen molar-refractivity contribution in [3.63, 3.8) is 0 Å². The predicted octanol–water partition coefficient (Wildman–Crippen LogP) is 1.40. The van der Waals surface area contributed by atoms with Gasteiger partial charge in [-0.3, -0.25) is 0 Å². The van der Waals surface area contributed by atoms with Crippen molar-refractivity contribution in [3.8, 4) is 0 Å². The highest BCUT2D eigenvalue weighted by Crippen LogP contribution is 2.17. The summed E-state index contributed by atoms with van der Waals surface area (Å²) in [5.74, 6) is 0.439. The van der Waals surface area contributed by atoms with Crippen molar-refractivity contribution in [2.24, 2.45) is 5.92 Å². The molecule has 1 saturated heterocycles. The van der Waals surface area contributed by atoms with Crippen molar-refractivity contribution in [3.05, 3.63) is 36.0 Å². The maximum Gasteiger partial charge on any atom is 0.315 e. The van der Waals surface area contributed by atoms with Gasteiger partial charge in [-0.1, -0.05) is 18.2 Å². The molecule has 1 fully saturated rings. The number of aromatic amines is 1. The number of rotatable bonds is 4. The lowest BCUT2D eigenvalue weighted by molar-refractivity contribution is 0.239. The van der Waals surface area contributed by atoms with Crippen LogP contribution in [-0.2, 0) is 16.4 Å². The molecular formula is C15H19N3O3S. The fraction of sp³-hybridized carbons (Fsp3) is 0.400. The largest absolute Gasteiger partial charge is 0.357 e. The third-order valence-corrected chi connectivity index (χ3v) is 5.74. The van der Waals surface area contributed by atoms with Crippen LogP contribution in [0, 0.1) is 5.92 Å². The summed E-state index contributed by atoms with van der Waals surface area (Å²) < 4.78 is 22.7. The van der Waals surface area contributed by atoms with Gasteiger partial charge in [-0.25, -0.2) is 13.2 Å². The monoisotopic (exact) mass is 321 g/mol. The highest BCUT2D eigenvalue weighted by atomic mass is 32.2. The predicted molar refractivity (Wildman–Crippen MR) is 85.3 cm³/mol. The quantitative estimate of drug-likeness (QED) is 0.795. The molecule has 2 amide bonds. The molecule has 0 unspecified atom stereocenters. The Morgan fingerprint density at radius 3 is 2.82 bits per heavy atom. The molecule has 7 heteroatoms. The molecule has 1 aliphatic rings. The van der Waals surface area contributed by atoms with Crippen LogP contribution in [0.15, 0.2) is 30.3 Å². The third-order valence-electron chi connectivity index (χ3n) is 3.90. The van der Waals surface area contributed by atoms with Gasteiger partial charge < -0.3 is 15.6 Å². The zero-order chi connectivity index (χ0) is 15.6. The van der Waals surface area contributed by atoms with E-state index in [4.69, 9.17) is 0 Å². The molecule has 1 atom stereocenters. The van der Waals surface area contributed by atoms with Crippen LogP contribution in [-0.4, -0.2) is 37.5 Å². The number of urea groups is 1. The van der Waals surface area contributed by atoms with E-state index in [2.05, 4.69) is 15.6 Å². The summed E-state index contributed by atoms with van der Waals surface area (Å²) in [6, 6.07) is 9.64. The van der Waals surface area contributed by atoms with Crippen LogP contribution in [0.5, 0.6) is 0 Å². The molecule has 3 N–H and O–H groups in total. The Kier molecular flexibility index (Phi) is 4.06. The van der Waals surface area contributed by atoms with Crippen LogP contribution in [0.25, 0.3) is 10.9 Å². The van der Waals surface area contributed by atoms with Gasteiger partial charge in [0.05, 0.1) is 18.1 Å². The second-order valence-corrected chi connectivity index (χ2v) is 7.94. The van der Waals surface area contributed by atoms with Gasteiger partial charge in [-0.2, -0.15) is 0 Å². The van der Waals surface area contributed by atoms with Crippen molar-refractivity contribution in [2.75, 3.05) is 18.1 Å². The fourth-order valence-corrected chi connectivity index (χ4v) is 4.60. The lowest BCUT2D eigenvalue weighted by Crippen LogP contribution is -2.38. The van der Waals surface area contributed by atoms with Gasteiger partial charge in [0.2, 0.25) is 0 Å². The van der Waals surface area contributed by atoms with Crippen LogP contribution in [0.4, 0.5) is 4.79 Å². The Hall–Kier alpha value is -2.02. The van der Waals surface area contributed by atoms with Crippen LogP contribution in [0.1, 0.15) is 12.1 Å². The Balaban J connectivity index is 1.46. The van der Waals surface area contributed by atoms with E-state index in [0.29, 0.717) is 19.5 Å². The van der Waals surface area contributed by atoms with Crippen molar-refractivity contribution in [2.45, 2.75) is 13.0 Å². The van der Waals surface area contributed by atoms with E-state index >= 15 is 0 Å². The summed E-state index contributed by atoms with van der Waals surface area (Å²) in [6.45, 7) is 0.807. The highest BCUT2D eigenvalue weighted by molar-refractivity contribution is 7.91. The maximum atomic E-state index is 11.8. The van der Waals surface area contributed by atoms with Crippen molar-refractivity contribution in [1.29, 1.82) is 0 Å². The number of fused-ring (bicyclic) bond motifs is 1. The normalized spacial score (nSPS) is 20.1. The summed E-state index contributed by atoms with van der Waals surface area (Å²) in [5.41, 5.74) is 1.97. The summed E-state index contributed by atoms with van der Waals surface area (Å²) in [4.78, 5) is 15.0.